The SMILES string of the molecule is Nc1ccc2ncn([C@@H]3O[C@@H]4COP(=O)(S)OC5C[C@@H](COP(=O)(S)O[C@H]4C3=O)O[C@H]5n3cnc4c(=O)[nH]c(N)nc43)c(=O)c2c1. The fourth-order valence-electron chi connectivity index (χ4n) is 5.41. The number of imidazole rings is 1. The Balaban J connectivity index is 1.19. The van der Waals surface area contributed by atoms with E-state index in [0.29, 0.717) is 11.2 Å². The number of nitrogen functional groups attached to an aromatic ring is 2. The van der Waals surface area contributed by atoms with E-state index in [2.05, 4.69) is 44.4 Å². The summed E-state index contributed by atoms with van der Waals surface area (Å²) in [5.41, 5.74) is 10.9. The number of ketones is 1. The van der Waals surface area contributed by atoms with Crippen LogP contribution >= 0.6 is 38.1 Å². The predicted octanol–water partition coefficient (Wildman–Crippen LogP) is 1.34. The minimum atomic E-state index is -4.32. The molecule has 7 rings (SSSR count). The van der Waals surface area contributed by atoms with Gasteiger partial charge in [0.1, 0.15) is 18.5 Å². The van der Waals surface area contributed by atoms with Gasteiger partial charge in [0.15, 0.2) is 23.5 Å². The summed E-state index contributed by atoms with van der Waals surface area (Å²) in [4.78, 5) is 53.9. The molecule has 8 atom stereocenters. The minimum absolute atomic E-state index is 0.0114. The molecule has 3 saturated heterocycles. The zero-order chi connectivity index (χ0) is 32.5. The first-order valence-corrected chi connectivity index (χ1v) is 18.8. The van der Waals surface area contributed by atoms with Crippen LogP contribution in [0.4, 0.5) is 11.6 Å². The Bertz CT molecular complexity index is 2110. The zero-order valence-corrected chi connectivity index (χ0v) is 26.7. The smallest absolute Gasteiger partial charge is 0.386 e. The fraction of sp³-hybridized carbons (Fsp3) is 0.391. The highest BCUT2D eigenvalue weighted by atomic mass is 32.7. The quantitative estimate of drug-likeness (QED) is 0.111. The molecule has 0 spiro atoms. The molecule has 244 valence electrons. The molecule has 3 aliphatic heterocycles. The fourth-order valence-corrected chi connectivity index (χ4v) is 8.35. The van der Waals surface area contributed by atoms with Gasteiger partial charge in [-0.3, -0.25) is 46.6 Å². The molecule has 3 aromatic heterocycles. The van der Waals surface area contributed by atoms with Crippen molar-refractivity contribution in [2.45, 2.75) is 43.3 Å². The number of benzene rings is 1. The maximum atomic E-state index is 13.6. The van der Waals surface area contributed by atoms with Gasteiger partial charge in [-0.2, -0.15) is 4.98 Å². The first-order valence-electron chi connectivity index (χ1n) is 13.4. The van der Waals surface area contributed by atoms with Gasteiger partial charge in [-0.15, -0.1) is 0 Å². The summed E-state index contributed by atoms with van der Waals surface area (Å²) in [7, 11) is 0. The molecule has 0 saturated carbocycles. The molecule has 3 unspecified atom stereocenters. The average molecular weight is 715 g/mol. The molecular formula is C23H24N8O11P2S2. The topological polar surface area (TPSA) is 257 Å². The third kappa shape index (κ3) is 5.81. The van der Waals surface area contributed by atoms with Gasteiger partial charge in [-0.1, -0.05) is 24.5 Å². The van der Waals surface area contributed by atoms with Crippen molar-refractivity contribution in [2.75, 3.05) is 24.7 Å². The number of nitrogens with two attached hydrogens (primary N) is 2. The maximum Gasteiger partial charge on any atom is 0.386 e. The van der Waals surface area contributed by atoms with Crippen LogP contribution in [0.15, 0.2) is 40.4 Å². The van der Waals surface area contributed by atoms with Crippen LogP contribution < -0.4 is 22.6 Å². The first kappa shape index (κ1) is 31.5. The van der Waals surface area contributed by atoms with Gasteiger partial charge in [-0.05, 0) is 18.2 Å². The van der Waals surface area contributed by atoms with E-state index < -0.39 is 74.0 Å². The van der Waals surface area contributed by atoms with Crippen LogP contribution in [0, 0.1) is 0 Å². The Labute approximate surface area is 267 Å². The Morgan fingerprint density at radius 3 is 2.48 bits per heavy atom. The zero-order valence-electron chi connectivity index (χ0n) is 23.1. The number of aromatic nitrogens is 6. The number of rotatable bonds is 2. The number of hydrogen-bond donors (Lipinski definition) is 5. The van der Waals surface area contributed by atoms with Gasteiger partial charge in [0, 0.05) is 12.1 Å². The van der Waals surface area contributed by atoms with E-state index in [0.717, 1.165) is 10.9 Å². The number of H-pyrrole nitrogens is 1. The van der Waals surface area contributed by atoms with Crippen LogP contribution in [-0.4, -0.2) is 72.5 Å². The standard InChI is InChI=1S/C23H24N8O11P2S2/c24-9-1-2-12-11(3-9)20(34)31(7-26-12)22-16(32)17-14(40-22)6-38-43(35,45)41-13-4-10(5-37-44(36,46)42-17)39-21(13)30-8-27-15-18(30)28-23(25)29-19(15)33/h1-3,7-8,10,13-14,17,21-22H,4-6,24H2,(H,35,45)(H,36,46)(H3,25,28,29,33)/t10-,13?,14+,17+,21+,22+,43?,44?/m0/s1. The van der Waals surface area contributed by atoms with Crippen molar-refractivity contribution in [1.29, 1.82) is 0 Å². The lowest BCUT2D eigenvalue weighted by Gasteiger charge is -2.25. The molecule has 5 N–H and O–H groups in total. The van der Waals surface area contributed by atoms with Crippen LogP contribution in [0.5, 0.6) is 0 Å². The number of carbonyl (C=O) groups excluding carboxylic acids is 1. The average Bonchev–Trinajstić information content (AvgIpc) is 3.67. The molecule has 46 heavy (non-hydrogen) atoms. The second-order valence-corrected chi connectivity index (χ2v) is 16.3. The van der Waals surface area contributed by atoms with Crippen LogP contribution in [0.2, 0.25) is 0 Å². The summed E-state index contributed by atoms with van der Waals surface area (Å²) in [6.45, 7) is -9.59. The molecule has 0 radical (unpaired) electrons. The third-order valence-corrected chi connectivity index (χ3v) is 10.7. The van der Waals surface area contributed by atoms with Gasteiger partial charge in [0.25, 0.3) is 11.1 Å². The van der Waals surface area contributed by atoms with E-state index in [1.807, 2.05) is 0 Å². The second kappa shape index (κ2) is 11.6. The van der Waals surface area contributed by atoms with Crippen LogP contribution in [0.1, 0.15) is 18.9 Å². The summed E-state index contributed by atoms with van der Waals surface area (Å²) in [5.74, 6) is -1.02. The lowest BCUT2D eigenvalue weighted by atomic mass is 10.1. The monoisotopic (exact) mass is 714 g/mol. The number of hydrogen-bond acceptors (Lipinski definition) is 16. The largest absolute Gasteiger partial charge is 0.399 e. The highest BCUT2D eigenvalue weighted by Crippen LogP contribution is 2.59. The molecule has 2 bridgehead atoms. The van der Waals surface area contributed by atoms with Crippen molar-refractivity contribution in [3.05, 3.63) is 51.6 Å². The summed E-state index contributed by atoms with van der Waals surface area (Å²) < 4.78 is 63.3. The van der Waals surface area contributed by atoms with Gasteiger partial charge in [0.05, 0.1) is 36.5 Å². The number of Topliss-reactive ketones (excluding diaryl/α,β-unsaturated/α-hetero) is 1. The van der Waals surface area contributed by atoms with E-state index in [-0.39, 0.29) is 35.5 Å². The number of nitrogens with zero attached hydrogens (tertiary/aromatic N) is 5. The van der Waals surface area contributed by atoms with Crippen molar-refractivity contribution in [3.8, 4) is 0 Å². The molecule has 23 heteroatoms. The van der Waals surface area contributed by atoms with Crippen LogP contribution in [0.3, 0.4) is 0 Å². The van der Waals surface area contributed by atoms with Crippen molar-refractivity contribution in [1.82, 2.24) is 29.1 Å². The van der Waals surface area contributed by atoms with Crippen molar-refractivity contribution in [3.63, 3.8) is 0 Å². The predicted molar refractivity (Wildman–Crippen MR) is 165 cm³/mol. The number of aromatic amines is 1. The van der Waals surface area contributed by atoms with Gasteiger partial charge in [0.2, 0.25) is 18.0 Å². The highest BCUT2D eigenvalue weighted by Gasteiger charge is 2.51. The molecule has 19 nitrogen and oxygen atoms in total. The number of carbonyl (C=O) groups is 1. The van der Waals surface area contributed by atoms with Crippen LogP contribution in [0.25, 0.3) is 22.1 Å². The lowest BCUT2D eigenvalue weighted by Crippen LogP contribution is -2.34. The van der Waals surface area contributed by atoms with Crippen molar-refractivity contribution in [2.24, 2.45) is 0 Å². The van der Waals surface area contributed by atoms with E-state index >= 15 is 0 Å². The molecular weight excluding hydrogens is 690 g/mol. The molecule has 0 amide bonds. The van der Waals surface area contributed by atoms with Gasteiger partial charge >= 0.3 is 13.6 Å². The molecule has 1 aromatic carbocycles. The summed E-state index contributed by atoms with van der Waals surface area (Å²) in [6.07, 6.45) is -5.26. The Morgan fingerprint density at radius 2 is 1.67 bits per heavy atom. The Hall–Kier alpha value is -3.10. The molecule has 3 fully saturated rings. The Kier molecular flexibility index (Phi) is 7.91. The number of ether oxygens (including phenoxy) is 2. The molecule has 4 aromatic rings. The van der Waals surface area contributed by atoms with Crippen LogP contribution in [-0.2, 0) is 41.5 Å². The number of anilines is 2. The maximum absolute atomic E-state index is 13.6. The van der Waals surface area contributed by atoms with Gasteiger partial charge in [-0.25, -0.2) is 19.1 Å². The van der Waals surface area contributed by atoms with E-state index in [1.165, 1.54) is 17.0 Å². The Morgan fingerprint density at radius 1 is 0.935 bits per heavy atom. The molecule has 6 heterocycles. The van der Waals surface area contributed by atoms with E-state index in [4.69, 9.17) is 39.0 Å². The first-order chi connectivity index (χ1) is 21.8. The van der Waals surface area contributed by atoms with Crippen molar-refractivity contribution >= 4 is 77.6 Å². The number of nitrogens with one attached hydrogen (secondary N) is 1. The lowest BCUT2D eigenvalue weighted by molar-refractivity contribution is -0.130. The number of thiol groups is 2. The summed E-state index contributed by atoms with van der Waals surface area (Å²) in [5, 5.41) is 0.118. The summed E-state index contributed by atoms with van der Waals surface area (Å²) >= 11 is 8.15. The van der Waals surface area contributed by atoms with E-state index in [1.54, 1.807) is 12.1 Å². The number of fused-ring (bicyclic) bond motifs is 5. The third-order valence-electron chi connectivity index (χ3n) is 7.44. The normalized spacial score (nSPS) is 33.8. The van der Waals surface area contributed by atoms with E-state index in [9.17, 15) is 23.5 Å². The summed E-state index contributed by atoms with van der Waals surface area (Å²) in [6, 6.07) is 4.51. The minimum Gasteiger partial charge on any atom is -0.399 e. The molecule has 3 aliphatic rings. The van der Waals surface area contributed by atoms with Gasteiger partial charge < -0.3 is 20.9 Å². The molecule has 0 aliphatic carbocycles. The highest BCUT2D eigenvalue weighted by molar-refractivity contribution is 8.44. The van der Waals surface area contributed by atoms with Crippen molar-refractivity contribution < 1.29 is 41.5 Å². The second-order valence-electron chi connectivity index (χ2n) is 10.5.